The van der Waals surface area contributed by atoms with Gasteiger partial charge in [-0.25, -0.2) is 9.67 Å². The summed E-state index contributed by atoms with van der Waals surface area (Å²) < 4.78 is 1.66. The zero-order chi connectivity index (χ0) is 12.5. The smallest absolute Gasteiger partial charge is 0.162 e. The first kappa shape index (κ1) is 10.3. The summed E-state index contributed by atoms with van der Waals surface area (Å²) in [6.45, 7) is 0. The van der Waals surface area contributed by atoms with Crippen LogP contribution in [0.4, 0.5) is 0 Å². The van der Waals surface area contributed by atoms with Gasteiger partial charge in [-0.15, -0.1) is 0 Å². The van der Waals surface area contributed by atoms with Crippen LogP contribution in [-0.2, 0) is 0 Å². The minimum absolute atomic E-state index is 0.204. The van der Waals surface area contributed by atoms with Crippen molar-refractivity contribution in [2.45, 2.75) is 0 Å². The minimum Gasteiger partial charge on any atom is -0.508 e. The maximum absolute atomic E-state index is 9.25. The summed E-state index contributed by atoms with van der Waals surface area (Å²) in [5, 5.41) is 23.1. The van der Waals surface area contributed by atoms with Gasteiger partial charge in [0.15, 0.2) is 5.65 Å². The Morgan fingerprint density at radius 3 is 2.67 bits per heavy atom. The molecule has 0 saturated carbocycles. The number of phenols is 1. The molecule has 0 amide bonds. The van der Waals surface area contributed by atoms with Gasteiger partial charge < -0.3 is 5.11 Å². The molecule has 0 bridgehead atoms. The predicted molar refractivity (Wildman–Crippen MR) is 65.2 cm³/mol. The van der Waals surface area contributed by atoms with E-state index in [1.54, 1.807) is 41.2 Å². The summed E-state index contributed by atoms with van der Waals surface area (Å²) in [6, 6.07) is 10.5. The van der Waals surface area contributed by atoms with E-state index in [0.717, 1.165) is 11.1 Å². The van der Waals surface area contributed by atoms with Crippen molar-refractivity contribution in [3.63, 3.8) is 0 Å². The molecule has 0 aliphatic heterocycles. The molecule has 5 nitrogen and oxygen atoms in total. The lowest BCUT2D eigenvalue weighted by Gasteiger charge is -2.02. The molecule has 0 aliphatic carbocycles. The van der Waals surface area contributed by atoms with Crippen molar-refractivity contribution in [1.29, 1.82) is 5.26 Å². The molecular weight excluding hydrogens is 228 g/mol. The average Bonchev–Trinajstić information content (AvgIpc) is 2.82. The van der Waals surface area contributed by atoms with E-state index >= 15 is 0 Å². The van der Waals surface area contributed by atoms with Crippen LogP contribution in [0.2, 0.25) is 0 Å². The molecule has 0 fully saturated rings. The molecule has 18 heavy (non-hydrogen) atoms. The van der Waals surface area contributed by atoms with E-state index in [9.17, 15) is 5.11 Å². The third kappa shape index (κ3) is 1.57. The van der Waals surface area contributed by atoms with Gasteiger partial charge in [-0.2, -0.15) is 10.4 Å². The lowest BCUT2D eigenvalue weighted by molar-refractivity contribution is 0.475. The molecule has 0 atom stereocenters. The van der Waals surface area contributed by atoms with E-state index in [0.29, 0.717) is 11.2 Å². The Labute approximate surface area is 103 Å². The van der Waals surface area contributed by atoms with Crippen LogP contribution in [0.15, 0.2) is 42.7 Å². The van der Waals surface area contributed by atoms with Crippen LogP contribution >= 0.6 is 0 Å². The minimum atomic E-state index is 0.204. The van der Waals surface area contributed by atoms with Gasteiger partial charge in [0.05, 0.1) is 17.4 Å². The van der Waals surface area contributed by atoms with Gasteiger partial charge >= 0.3 is 0 Å². The number of nitrogens with zero attached hydrogens (tertiary/aromatic N) is 4. The number of hydrogen-bond donors (Lipinski definition) is 1. The summed E-state index contributed by atoms with van der Waals surface area (Å²) in [4.78, 5) is 4.23. The Balaban J connectivity index is 2.19. The molecule has 0 aliphatic rings. The monoisotopic (exact) mass is 236 g/mol. The number of aromatic nitrogens is 3. The van der Waals surface area contributed by atoms with E-state index < -0.39 is 0 Å². The lowest BCUT2D eigenvalue weighted by Crippen LogP contribution is -1.96. The number of phenolic OH excluding ortho intramolecular Hbond substituents is 1. The van der Waals surface area contributed by atoms with E-state index in [4.69, 9.17) is 5.26 Å². The third-order valence-corrected chi connectivity index (χ3v) is 2.63. The van der Waals surface area contributed by atoms with Crippen molar-refractivity contribution in [2.75, 3.05) is 0 Å². The lowest BCUT2D eigenvalue weighted by atomic mass is 10.2. The van der Waals surface area contributed by atoms with Gasteiger partial charge in [-0.3, -0.25) is 0 Å². The highest BCUT2D eigenvalue weighted by Crippen LogP contribution is 2.19. The number of aromatic hydroxyl groups is 1. The number of fused-ring (bicyclic) bond motifs is 1. The van der Waals surface area contributed by atoms with Gasteiger partial charge in [-0.1, -0.05) is 0 Å². The molecule has 3 aromatic rings. The summed E-state index contributed by atoms with van der Waals surface area (Å²) in [6.07, 6.45) is 3.18. The molecule has 0 radical (unpaired) electrons. The summed E-state index contributed by atoms with van der Waals surface area (Å²) in [7, 11) is 0. The highest BCUT2D eigenvalue weighted by atomic mass is 16.3. The molecule has 0 saturated heterocycles. The number of nitriles is 1. The SMILES string of the molecule is N#Cc1cnc2c(cnn2-c2ccc(O)cc2)c1. The maximum Gasteiger partial charge on any atom is 0.162 e. The first-order valence-electron chi connectivity index (χ1n) is 5.31. The number of benzene rings is 1. The van der Waals surface area contributed by atoms with Crippen LogP contribution in [0.5, 0.6) is 5.75 Å². The van der Waals surface area contributed by atoms with Crippen LogP contribution in [0.1, 0.15) is 5.56 Å². The van der Waals surface area contributed by atoms with Crippen molar-refractivity contribution in [3.8, 4) is 17.5 Å². The van der Waals surface area contributed by atoms with Crippen molar-refractivity contribution in [2.24, 2.45) is 0 Å². The van der Waals surface area contributed by atoms with Crippen LogP contribution in [0, 0.1) is 11.3 Å². The highest BCUT2D eigenvalue weighted by molar-refractivity contribution is 5.77. The fourth-order valence-corrected chi connectivity index (χ4v) is 1.77. The molecule has 5 heteroatoms. The van der Waals surface area contributed by atoms with E-state index in [1.807, 2.05) is 6.07 Å². The Bertz CT molecular complexity index is 753. The normalized spacial score (nSPS) is 10.4. The fraction of sp³-hybridized carbons (Fsp3) is 0. The third-order valence-electron chi connectivity index (χ3n) is 2.63. The summed E-state index contributed by atoms with van der Waals surface area (Å²) in [5.74, 6) is 0.204. The molecule has 2 heterocycles. The van der Waals surface area contributed by atoms with Crippen molar-refractivity contribution in [3.05, 3.63) is 48.3 Å². The second kappa shape index (κ2) is 3.86. The molecule has 1 N–H and O–H groups in total. The van der Waals surface area contributed by atoms with Gasteiger partial charge in [-0.05, 0) is 30.3 Å². The molecule has 0 spiro atoms. The standard InChI is InChI=1S/C13H8N4O/c14-6-9-5-10-8-16-17(13(10)15-7-9)11-1-3-12(18)4-2-11/h1-5,7-8,18H. The predicted octanol–water partition coefficient (Wildman–Crippen LogP) is 2.00. The van der Waals surface area contributed by atoms with Crippen LogP contribution in [-0.4, -0.2) is 19.9 Å². The molecule has 86 valence electrons. The van der Waals surface area contributed by atoms with Gasteiger partial charge in [0, 0.05) is 11.6 Å². The van der Waals surface area contributed by atoms with Crippen molar-refractivity contribution < 1.29 is 5.11 Å². The summed E-state index contributed by atoms with van der Waals surface area (Å²) >= 11 is 0. The number of pyridine rings is 1. The maximum atomic E-state index is 9.25. The number of rotatable bonds is 1. The topological polar surface area (TPSA) is 74.7 Å². The quantitative estimate of drug-likeness (QED) is 0.701. The largest absolute Gasteiger partial charge is 0.508 e. The molecule has 2 aromatic heterocycles. The second-order valence-corrected chi connectivity index (χ2v) is 3.82. The fourth-order valence-electron chi connectivity index (χ4n) is 1.77. The first-order valence-corrected chi connectivity index (χ1v) is 5.31. The Hall–Kier alpha value is -2.87. The van der Waals surface area contributed by atoms with E-state index in [-0.39, 0.29) is 5.75 Å². The van der Waals surface area contributed by atoms with Gasteiger partial charge in [0.2, 0.25) is 0 Å². The zero-order valence-corrected chi connectivity index (χ0v) is 9.28. The summed E-state index contributed by atoms with van der Waals surface area (Å²) in [5.41, 5.74) is 1.99. The zero-order valence-electron chi connectivity index (χ0n) is 9.28. The van der Waals surface area contributed by atoms with Crippen LogP contribution in [0.3, 0.4) is 0 Å². The average molecular weight is 236 g/mol. The number of hydrogen-bond acceptors (Lipinski definition) is 4. The van der Waals surface area contributed by atoms with Gasteiger partial charge in [0.25, 0.3) is 0 Å². The van der Waals surface area contributed by atoms with Crippen LogP contribution < -0.4 is 0 Å². The Morgan fingerprint density at radius 2 is 1.94 bits per heavy atom. The Morgan fingerprint density at radius 1 is 1.17 bits per heavy atom. The van der Waals surface area contributed by atoms with Crippen molar-refractivity contribution >= 4 is 11.0 Å². The molecular formula is C13H8N4O. The first-order chi connectivity index (χ1) is 8.78. The van der Waals surface area contributed by atoms with Crippen molar-refractivity contribution in [1.82, 2.24) is 14.8 Å². The molecule has 1 aromatic carbocycles. The van der Waals surface area contributed by atoms with E-state index in [2.05, 4.69) is 10.1 Å². The van der Waals surface area contributed by atoms with E-state index in [1.165, 1.54) is 6.20 Å². The van der Waals surface area contributed by atoms with Crippen LogP contribution in [0.25, 0.3) is 16.7 Å². The van der Waals surface area contributed by atoms with Gasteiger partial charge in [0.1, 0.15) is 11.8 Å². The molecule has 3 rings (SSSR count). The Kier molecular flexibility index (Phi) is 2.21. The second-order valence-electron chi connectivity index (χ2n) is 3.82. The molecule has 0 unspecified atom stereocenters. The highest BCUT2D eigenvalue weighted by Gasteiger charge is 2.06.